The molecule has 0 radical (unpaired) electrons. The Morgan fingerprint density at radius 1 is 1.00 bits per heavy atom. The van der Waals surface area contributed by atoms with Gasteiger partial charge in [-0.3, -0.25) is 4.79 Å². The van der Waals surface area contributed by atoms with E-state index < -0.39 is 0 Å². The Labute approximate surface area is 151 Å². The summed E-state index contributed by atoms with van der Waals surface area (Å²) in [6, 6.07) is 18.6. The summed E-state index contributed by atoms with van der Waals surface area (Å²) < 4.78 is 0. The van der Waals surface area contributed by atoms with Crippen LogP contribution in [0.5, 0.6) is 0 Å². The van der Waals surface area contributed by atoms with Crippen molar-refractivity contribution in [3.63, 3.8) is 0 Å². The minimum atomic E-state index is 0.0192. The minimum absolute atomic E-state index is 0.0192. The van der Waals surface area contributed by atoms with Crippen molar-refractivity contribution in [2.45, 2.75) is 45.1 Å². The number of carbonyl (C=O) groups excluding carboxylic acids is 1. The molecular formula is C22H28N2O. The van der Waals surface area contributed by atoms with E-state index in [0.717, 1.165) is 31.5 Å². The lowest BCUT2D eigenvalue weighted by molar-refractivity contribution is 0.0938. The van der Waals surface area contributed by atoms with Crippen molar-refractivity contribution >= 4 is 11.6 Å². The van der Waals surface area contributed by atoms with E-state index in [1.807, 2.05) is 18.2 Å². The molecular weight excluding hydrogens is 308 g/mol. The van der Waals surface area contributed by atoms with Crippen LogP contribution in [0.1, 0.15) is 48.5 Å². The molecule has 25 heavy (non-hydrogen) atoms. The second-order valence-corrected chi connectivity index (χ2v) is 6.99. The minimum Gasteiger partial charge on any atom is -0.372 e. The van der Waals surface area contributed by atoms with Gasteiger partial charge in [-0.25, -0.2) is 0 Å². The Balaban J connectivity index is 1.50. The van der Waals surface area contributed by atoms with E-state index in [9.17, 15) is 4.79 Å². The average molecular weight is 336 g/mol. The lowest BCUT2D eigenvalue weighted by Crippen LogP contribution is -2.33. The molecule has 1 amide bonds. The topological polar surface area (TPSA) is 32.3 Å². The number of nitrogens with zero attached hydrogens (tertiary/aromatic N) is 1. The highest BCUT2D eigenvalue weighted by molar-refractivity contribution is 5.94. The van der Waals surface area contributed by atoms with Crippen LogP contribution in [-0.4, -0.2) is 25.0 Å². The fourth-order valence-electron chi connectivity index (χ4n) is 3.38. The number of hydrogen-bond acceptors (Lipinski definition) is 2. The first-order valence-electron chi connectivity index (χ1n) is 9.42. The summed E-state index contributed by atoms with van der Waals surface area (Å²) in [7, 11) is 0. The van der Waals surface area contributed by atoms with E-state index in [4.69, 9.17) is 0 Å². The Hall–Kier alpha value is -2.29. The van der Waals surface area contributed by atoms with Crippen LogP contribution in [0, 0.1) is 0 Å². The van der Waals surface area contributed by atoms with Gasteiger partial charge in [0.2, 0.25) is 0 Å². The summed E-state index contributed by atoms with van der Waals surface area (Å²) in [4.78, 5) is 14.8. The van der Waals surface area contributed by atoms with Gasteiger partial charge >= 0.3 is 0 Å². The van der Waals surface area contributed by atoms with E-state index in [1.54, 1.807) is 0 Å². The summed E-state index contributed by atoms with van der Waals surface area (Å²) in [5.74, 6) is 0.0192. The third-order valence-corrected chi connectivity index (χ3v) is 4.94. The van der Waals surface area contributed by atoms with Crippen LogP contribution in [0.4, 0.5) is 5.69 Å². The maximum absolute atomic E-state index is 12.4. The van der Waals surface area contributed by atoms with E-state index in [0.29, 0.717) is 0 Å². The Kier molecular flexibility index (Phi) is 6.10. The molecule has 1 aliphatic rings. The highest BCUT2D eigenvalue weighted by Gasteiger charge is 2.13. The molecule has 0 unspecified atom stereocenters. The predicted octanol–water partition coefficient (Wildman–Crippen LogP) is 4.43. The van der Waals surface area contributed by atoms with Crippen molar-refractivity contribution < 1.29 is 4.79 Å². The van der Waals surface area contributed by atoms with E-state index in [2.05, 4.69) is 53.5 Å². The van der Waals surface area contributed by atoms with Crippen LogP contribution in [-0.2, 0) is 6.42 Å². The number of benzene rings is 2. The molecule has 0 saturated carbocycles. The summed E-state index contributed by atoms with van der Waals surface area (Å²) >= 11 is 0. The van der Waals surface area contributed by atoms with Gasteiger partial charge < -0.3 is 10.2 Å². The SMILES string of the molecule is C[C@@H](CCc1ccccc1)NC(=O)c1ccc(N2CCCCC2)cc1. The Morgan fingerprint density at radius 3 is 2.36 bits per heavy atom. The molecule has 0 spiro atoms. The number of rotatable bonds is 6. The number of amides is 1. The highest BCUT2D eigenvalue weighted by Crippen LogP contribution is 2.20. The lowest BCUT2D eigenvalue weighted by atomic mass is 10.1. The summed E-state index contributed by atoms with van der Waals surface area (Å²) in [5.41, 5.74) is 3.29. The van der Waals surface area contributed by atoms with Crippen molar-refractivity contribution in [3.8, 4) is 0 Å². The second kappa shape index (κ2) is 8.70. The van der Waals surface area contributed by atoms with E-state index in [-0.39, 0.29) is 11.9 Å². The third kappa shape index (κ3) is 5.09. The van der Waals surface area contributed by atoms with Crippen molar-refractivity contribution in [2.24, 2.45) is 0 Å². The first-order valence-corrected chi connectivity index (χ1v) is 9.42. The van der Waals surface area contributed by atoms with Crippen LogP contribution in [0.15, 0.2) is 54.6 Å². The Bertz CT molecular complexity index is 660. The maximum atomic E-state index is 12.4. The molecule has 1 atom stereocenters. The van der Waals surface area contributed by atoms with Gasteiger partial charge in [-0.15, -0.1) is 0 Å². The molecule has 3 heteroatoms. The van der Waals surface area contributed by atoms with Gasteiger partial charge in [-0.05, 0) is 68.9 Å². The number of aryl methyl sites for hydroxylation is 1. The molecule has 1 saturated heterocycles. The zero-order valence-electron chi connectivity index (χ0n) is 15.1. The third-order valence-electron chi connectivity index (χ3n) is 4.94. The molecule has 2 aromatic rings. The molecule has 1 fully saturated rings. The molecule has 1 N–H and O–H groups in total. The zero-order valence-corrected chi connectivity index (χ0v) is 15.1. The van der Waals surface area contributed by atoms with Gasteiger partial charge in [0.1, 0.15) is 0 Å². The molecule has 2 aromatic carbocycles. The van der Waals surface area contributed by atoms with Crippen LogP contribution in [0.25, 0.3) is 0 Å². The van der Waals surface area contributed by atoms with Crippen LogP contribution in [0.2, 0.25) is 0 Å². The fraction of sp³-hybridized carbons (Fsp3) is 0.409. The van der Waals surface area contributed by atoms with Crippen molar-refractivity contribution in [2.75, 3.05) is 18.0 Å². The molecule has 0 aromatic heterocycles. The van der Waals surface area contributed by atoms with Crippen molar-refractivity contribution in [1.29, 1.82) is 0 Å². The number of carbonyl (C=O) groups is 1. The van der Waals surface area contributed by atoms with Gasteiger partial charge in [0.15, 0.2) is 0 Å². The molecule has 3 nitrogen and oxygen atoms in total. The maximum Gasteiger partial charge on any atom is 0.251 e. The normalized spacial score (nSPS) is 15.6. The summed E-state index contributed by atoms with van der Waals surface area (Å²) in [6.45, 7) is 4.33. The van der Waals surface area contributed by atoms with Gasteiger partial charge in [-0.2, -0.15) is 0 Å². The number of piperidine rings is 1. The largest absolute Gasteiger partial charge is 0.372 e. The van der Waals surface area contributed by atoms with Crippen LogP contribution in [0.3, 0.4) is 0 Å². The smallest absolute Gasteiger partial charge is 0.251 e. The Morgan fingerprint density at radius 2 is 1.68 bits per heavy atom. The standard InChI is InChI=1S/C22H28N2O/c1-18(10-11-19-8-4-2-5-9-19)23-22(25)20-12-14-21(15-13-20)24-16-6-3-7-17-24/h2,4-5,8-9,12-15,18H,3,6-7,10-11,16-17H2,1H3,(H,23,25)/t18-/m0/s1. The quantitative estimate of drug-likeness (QED) is 0.846. The number of anilines is 1. The predicted molar refractivity (Wildman–Crippen MR) is 104 cm³/mol. The average Bonchev–Trinajstić information content (AvgIpc) is 2.68. The van der Waals surface area contributed by atoms with Crippen LogP contribution < -0.4 is 10.2 Å². The fourth-order valence-corrected chi connectivity index (χ4v) is 3.38. The first kappa shape index (κ1) is 17.5. The molecule has 1 aliphatic heterocycles. The lowest BCUT2D eigenvalue weighted by Gasteiger charge is -2.28. The zero-order chi connectivity index (χ0) is 17.5. The molecule has 1 heterocycles. The van der Waals surface area contributed by atoms with Crippen LogP contribution >= 0.6 is 0 Å². The molecule has 3 rings (SSSR count). The van der Waals surface area contributed by atoms with E-state index in [1.165, 1.54) is 30.5 Å². The molecule has 132 valence electrons. The molecule has 0 aliphatic carbocycles. The van der Waals surface area contributed by atoms with Crippen molar-refractivity contribution in [1.82, 2.24) is 5.32 Å². The van der Waals surface area contributed by atoms with Gasteiger partial charge in [0.05, 0.1) is 0 Å². The highest BCUT2D eigenvalue weighted by atomic mass is 16.1. The van der Waals surface area contributed by atoms with Crippen molar-refractivity contribution in [3.05, 3.63) is 65.7 Å². The summed E-state index contributed by atoms with van der Waals surface area (Å²) in [6.07, 6.45) is 5.79. The van der Waals surface area contributed by atoms with Gasteiger partial charge in [0, 0.05) is 30.4 Å². The van der Waals surface area contributed by atoms with Gasteiger partial charge in [-0.1, -0.05) is 30.3 Å². The monoisotopic (exact) mass is 336 g/mol. The summed E-state index contributed by atoms with van der Waals surface area (Å²) in [5, 5.41) is 3.11. The first-order chi connectivity index (χ1) is 12.2. The number of hydrogen-bond donors (Lipinski definition) is 1. The second-order valence-electron chi connectivity index (χ2n) is 6.99. The molecule has 0 bridgehead atoms. The van der Waals surface area contributed by atoms with Gasteiger partial charge in [0.25, 0.3) is 5.91 Å². The van der Waals surface area contributed by atoms with E-state index >= 15 is 0 Å². The number of nitrogens with one attached hydrogen (secondary N) is 1.